The van der Waals surface area contributed by atoms with Crippen LogP contribution in [-0.2, 0) is 4.79 Å². The first-order chi connectivity index (χ1) is 12.0. The third kappa shape index (κ3) is 4.13. The Balaban J connectivity index is 1.64. The summed E-state index contributed by atoms with van der Waals surface area (Å²) in [5.41, 5.74) is 1.46. The zero-order chi connectivity index (χ0) is 17.8. The van der Waals surface area contributed by atoms with E-state index in [1.54, 1.807) is 18.2 Å². The Hall–Kier alpha value is -2.50. The number of halogens is 1. The van der Waals surface area contributed by atoms with Crippen LogP contribution in [0.3, 0.4) is 0 Å². The zero-order valence-electron chi connectivity index (χ0n) is 14.6. The van der Waals surface area contributed by atoms with Crippen molar-refractivity contribution in [2.75, 3.05) is 11.9 Å². The Morgan fingerprint density at radius 3 is 2.60 bits per heavy atom. The first-order valence-electron chi connectivity index (χ1n) is 8.71. The van der Waals surface area contributed by atoms with Crippen LogP contribution in [0.1, 0.15) is 33.1 Å². The van der Waals surface area contributed by atoms with Crippen LogP contribution in [0.5, 0.6) is 0 Å². The third-order valence-electron chi connectivity index (χ3n) is 4.63. The van der Waals surface area contributed by atoms with E-state index in [-0.39, 0.29) is 23.8 Å². The number of rotatable bonds is 4. The molecule has 132 valence electrons. The molecule has 0 aliphatic carbocycles. The monoisotopic (exact) mass is 342 g/mol. The average Bonchev–Trinajstić information content (AvgIpc) is 2.63. The van der Waals surface area contributed by atoms with Gasteiger partial charge in [0.25, 0.3) is 0 Å². The second-order valence-electron chi connectivity index (χ2n) is 6.55. The quantitative estimate of drug-likeness (QED) is 0.924. The largest absolute Gasteiger partial charge is 0.357 e. The smallest absolute Gasteiger partial charge is 0.245 e. The van der Waals surface area contributed by atoms with E-state index in [1.165, 1.54) is 18.6 Å². The number of hydrogen-bond donors (Lipinski definition) is 1. The van der Waals surface area contributed by atoms with Crippen LogP contribution in [0.25, 0.3) is 11.3 Å². The van der Waals surface area contributed by atoms with Gasteiger partial charge in [0, 0.05) is 18.2 Å². The Morgan fingerprint density at radius 2 is 1.96 bits per heavy atom. The standard InChI is InChI=1S/C19H23FN4O/c1-13-5-3-4-12-24(13)19(25)14(2)21-18-11-10-17(22-23-18)15-6-8-16(20)9-7-15/h6-11,13-14H,3-5,12H2,1-2H3,(H,21,23). The molecule has 1 fully saturated rings. The number of carbonyl (C=O) groups excluding carboxylic acids is 1. The van der Waals surface area contributed by atoms with Gasteiger partial charge >= 0.3 is 0 Å². The number of nitrogens with zero attached hydrogens (tertiary/aromatic N) is 3. The topological polar surface area (TPSA) is 58.1 Å². The second-order valence-corrected chi connectivity index (χ2v) is 6.55. The molecule has 0 radical (unpaired) electrons. The predicted molar refractivity (Wildman–Crippen MR) is 95.5 cm³/mol. The van der Waals surface area contributed by atoms with Crippen molar-refractivity contribution in [2.24, 2.45) is 0 Å². The Bertz CT molecular complexity index is 717. The van der Waals surface area contributed by atoms with Gasteiger partial charge in [-0.1, -0.05) is 0 Å². The van der Waals surface area contributed by atoms with Gasteiger partial charge in [-0.2, -0.15) is 0 Å². The van der Waals surface area contributed by atoms with Crippen molar-refractivity contribution in [3.8, 4) is 11.3 Å². The second kappa shape index (κ2) is 7.59. The van der Waals surface area contributed by atoms with Crippen LogP contribution >= 0.6 is 0 Å². The number of likely N-dealkylation sites (tertiary alicyclic amines) is 1. The van der Waals surface area contributed by atoms with Crippen molar-refractivity contribution < 1.29 is 9.18 Å². The van der Waals surface area contributed by atoms with Crippen molar-refractivity contribution in [3.05, 3.63) is 42.2 Å². The van der Waals surface area contributed by atoms with Crippen molar-refractivity contribution in [1.82, 2.24) is 15.1 Å². The van der Waals surface area contributed by atoms with Crippen molar-refractivity contribution in [3.63, 3.8) is 0 Å². The number of anilines is 1. The number of amides is 1. The van der Waals surface area contributed by atoms with Crippen molar-refractivity contribution in [1.29, 1.82) is 0 Å². The fourth-order valence-electron chi connectivity index (χ4n) is 3.14. The van der Waals surface area contributed by atoms with Crippen molar-refractivity contribution >= 4 is 11.7 Å². The molecule has 0 saturated carbocycles. The molecule has 1 aromatic carbocycles. The van der Waals surface area contributed by atoms with Crippen LogP contribution in [0, 0.1) is 5.82 Å². The Kier molecular flexibility index (Phi) is 5.26. The molecule has 25 heavy (non-hydrogen) atoms. The SMILES string of the molecule is CC(Nc1ccc(-c2ccc(F)cc2)nn1)C(=O)N1CCCCC1C. The molecule has 2 aromatic rings. The highest BCUT2D eigenvalue weighted by Crippen LogP contribution is 2.20. The van der Waals surface area contributed by atoms with Gasteiger partial charge in [-0.05, 0) is 69.5 Å². The minimum atomic E-state index is -0.355. The van der Waals surface area contributed by atoms with Crippen LogP contribution in [0.4, 0.5) is 10.2 Å². The maximum atomic E-state index is 13.0. The summed E-state index contributed by atoms with van der Waals surface area (Å²) >= 11 is 0. The van der Waals surface area contributed by atoms with E-state index in [4.69, 9.17) is 0 Å². The van der Waals surface area contributed by atoms with E-state index in [1.807, 2.05) is 17.9 Å². The Morgan fingerprint density at radius 1 is 1.20 bits per heavy atom. The highest BCUT2D eigenvalue weighted by molar-refractivity contribution is 5.84. The molecule has 1 aliphatic rings. The maximum Gasteiger partial charge on any atom is 0.245 e. The van der Waals surface area contributed by atoms with Gasteiger partial charge in [0.15, 0.2) is 0 Å². The molecule has 2 atom stereocenters. The highest BCUT2D eigenvalue weighted by Gasteiger charge is 2.27. The van der Waals surface area contributed by atoms with Crippen molar-refractivity contribution in [2.45, 2.75) is 45.2 Å². The normalized spacial score (nSPS) is 18.7. The van der Waals surface area contributed by atoms with Gasteiger partial charge in [0.05, 0.1) is 5.69 Å². The number of benzene rings is 1. The molecule has 2 unspecified atom stereocenters. The lowest BCUT2D eigenvalue weighted by Crippen LogP contribution is -2.48. The van der Waals surface area contributed by atoms with Gasteiger partial charge in [-0.3, -0.25) is 4.79 Å². The average molecular weight is 342 g/mol. The van der Waals surface area contributed by atoms with Gasteiger partial charge in [-0.25, -0.2) is 4.39 Å². The first-order valence-corrected chi connectivity index (χ1v) is 8.71. The van der Waals surface area contributed by atoms with Gasteiger partial charge in [0.2, 0.25) is 5.91 Å². The number of piperidine rings is 1. The van der Waals surface area contributed by atoms with E-state index in [0.29, 0.717) is 11.5 Å². The van der Waals surface area contributed by atoms with Gasteiger partial charge < -0.3 is 10.2 Å². The molecule has 0 spiro atoms. The van der Waals surface area contributed by atoms with E-state index in [9.17, 15) is 9.18 Å². The van der Waals surface area contributed by atoms with E-state index in [2.05, 4.69) is 22.4 Å². The molecule has 6 heteroatoms. The van der Waals surface area contributed by atoms with Crippen LogP contribution in [-0.4, -0.2) is 39.6 Å². The molecule has 5 nitrogen and oxygen atoms in total. The molecule has 1 saturated heterocycles. The van der Waals surface area contributed by atoms with Gasteiger partial charge in [0.1, 0.15) is 17.7 Å². The minimum Gasteiger partial charge on any atom is -0.357 e. The summed E-state index contributed by atoms with van der Waals surface area (Å²) in [6.45, 7) is 4.77. The van der Waals surface area contributed by atoms with Crippen LogP contribution < -0.4 is 5.32 Å². The third-order valence-corrected chi connectivity index (χ3v) is 4.63. The predicted octanol–water partition coefficient (Wildman–Crippen LogP) is 3.48. The highest BCUT2D eigenvalue weighted by atomic mass is 19.1. The molecule has 1 aromatic heterocycles. The molecule has 1 amide bonds. The van der Waals surface area contributed by atoms with E-state index < -0.39 is 0 Å². The van der Waals surface area contributed by atoms with E-state index in [0.717, 1.165) is 24.9 Å². The summed E-state index contributed by atoms with van der Waals surface area (Å²) in [6, 6.07) is 9.64. The lowest BCUT2D eigenvalue weighted by atomic mass is 10.0. The number of nitrogens with one attached hydrogen (secondary N) is 1. The molecule has 0 bridgehead atoms. The van der Waals surface area contributed by atoms with Crippen LogP contribution in [0.15, 0.2) is 36.4 Å². The first kappa shape index (κ1) is 17.3. The summed E-state index contributed by atoms with van der Waals surface area (Å²) in [6.07, 6.45) is 3.31. The minimum absolute atomic E-state index is 0.0941. The molecule has 3 rings (SSSR count). The summed E-state index contributed by atoms with van der Waals surface area (Å²) in [7, 11) is 0. The lowest BCUT2D eigenvalue weighted by molar-refractivity contribution is -0.134. The fourth-order valence-corrected chi connectivity index (χ4v) is 3.14. The number of carbonyl (C=O) groups is 1. The molecular weight excluding hydrogens is 319 g/mol. The number of aromatic nitrogens is 2. The molecule has 1 aliphatic heterocycles. The molecule has 2 heterocycles. The molecule has 1 N–H and O–H groups in total. The fraction of sp³-hybridized carbons (Fsp3) is 0.421. The summed E-state index contributed by atoms with van der Waals surface area (Å²) in [5.74, 6) is 0.363. The Labute approximate surface area is 147 Å². The lowest BCUT2D eigenvalue weighted by Gasteiger charge is -2.35. The van der Waals surface area contributed by atoms with E-state index >= 15 is 0 Å². The summed E-state index contributed by atoms with van der Waals surface area (Å²) < 4.78 is 13.0. The summed E-state index contributed by atoms with van der Waals surface area (Å²) in [5, 5.41) is 11.4. The number of hydrogen-bond acceptors (Lipinski definition) is 4. The maximum absolute atomic E-state index is 13.0. The van der Waals surface area contributed by atoms with Gasteiger partial charge in [-0.15, -0.1) is 10.2 Å². The summed E-state index contributed by atoms with van der Waals surface area (Å²) in [4.78, 5) is 14.6. The van der Waals surface area contributed by atoms with Crippen LogP contribution in [0.2, 0.25) is 0 Å². The molecular formula is C19H23FN4O. The zero-order valence-corrected chi connectivity index (χ0v) is 14.6.